The minimum atomic E-state index is -3.55. The van der Waals surface area contributed by atoms with Crippen LogP contribution in [0.2, 0.25) is 10.0 Å². The van der Waals surface area contributed by atoms with Crippen molar-refractivity contribution in [2.24, 2.45) is 0 Å². The van der Waals surface area contributed by atoms with Crippen LogP contribution in [0.3, 0.4) is 0 Å². The van der Waals surface area contributed by atoms with Gasteiger partial charge in [0.25, 0.3) is 5.91 Å². The molecule has 0 saturated heterocycles. The molecule has 0 atom stereocenters. The maximum absolute atomic E-state index is 13.1. The Balaban J connectivity index is 2.00. The predicted molar refractivity (Wildman–Crippen MR) is 113 cm³/mol. The molecule has 150 valence electrons. The summed E-state index contributed by atoms with van der Waals surface area (Å²) >= 11 is 12.3. The number of fused-ring (bicyclic) bond motifs is 1. The molecule has 8 heteroatoms. The third-order valence-corrected chi connectivity index (χ3v) is 7.80. The van der Waals surface area contributed by atoms with Crippen molar-refractivity contribution in [3.8, 4) is 0 Å². The van der Waals surface area contributed by atoms with E-state index >= 15 is 0 Å². The summed E-state index contributed by atoms with van der Waals surface area (Å²) in [5.41, 5.74) is 1.89. The van der Waals surface area contributed by atoms with Crippen molar-refractivity contribution in [1.82, 2.24) is 4.31 Å². The van der Waals surface area contributed by atoms with Crippen molar-refractivity contribution in [1.29, 1.82) is 0 Å². The summed E-state index contributed by atoms with van der Waals surface area (Å²) in [5.74, 6) is -0.243. The Labute approximate surface area is 175 Å². The van der Waals surface area contributed by atoms with E-state index in [9.17, 15) is 13.2 Å². The Morgan fingerprint density at radius 3 is 2.54 bits per heavy atom. The van der Waals surface area contributed by atoms with Crippen LogP contribution in [-0.2, 0) is 16.4 Å². The monoisotopic (exact) mass is 440 g/mol. The van der Waals surface area contributed by atoms with Gasteiger partial charge in [-0.05, 0) is 48.7 Å². The Bertz CT molecular complexity index is 1000. The molecular weight excluding hydrogens is 419 g/mol. The lowest BCUT2D eigenvalue weighted by molar-refractivity contribution is 0.0985. The lowest BCUT2D eigenvalue weighted by atomic mass is 10.0. The SMILES string of the molecule is CCN(CC)S(=O)(=O)c1ccc2c(c1)CCCN2C(=O)c1cccc(Cl)c1Cl. The highest BCUT2D eigenvalue weighted by atomic mass is 35.5. The molecule has 28 heavy (non-hydrogen) atoms. The number of rotatable bonds is 5. The van der Waals surface area contributed by atoms with Gasteiger partial charge in [-0.3, -0.25) is 4.79 Å². The fourth-order valence-corrected chi connectivity index (χ4v) is 5.36. The number of hydrogen-bond acceptors (Lipinski definition) is 3. The first-order valence-corrected chi connectivity index (χ1v) is 11.4. The van der Waals surface area contributed by atoms with Crippen LogP contribution in [0.1, 0.15) is 36.2 Å². The largest absolute Gasteiger partial charge is 0.308 e. The molecule has 3 rings (SSSR count). The standard InChI is InChI=1S/C20H22Cl2N2O3S/c1-3-23(4-2)28(26,27)15-10-11-18-14(13-15)7-6-12-24(18)20(25)16-8-5-9-17(21)19(16)22/h5,8-11,13H,3-4,6-7,12H2,1-2H3. The molecule has 1 aliphatic rings. The number of sulfonamides is 1. The molecule has 0 radical (unpaired) electrons. The van der Waals surface area contributed by atoms with Gasteiger partial charge in [-0.2, -0.15) is 4.31 Å². The lowest BCUT2D eigenvalue weighted by Gasteiger charge is -2.30. The number of carbonyl (C=O) groups excluding carboxylic acids is 1. The fraction of sp³-hybridized carbons (Fsp3) is 0.350. The van der Waals surface area contributed by atoms with Crippen LogP contribution in [0.4, 0.5) is 5.69 Å². The highest BCUT2D eigenvalue weighted by molar-refractivity contribution is 7.89. The molecule has 2 aromatic carbocycles. The van der Waals surface area contributed by atoms with Crippen LogP contribution >= 0.6 is 23.2 Å². The zero-order valence-electron chi connectivity index (χ0n) is 15.8. The zero-order valence-corrected chi connectivity index (χ0v) is 18.1. The molecule has 0 saturated carbocycles. The molecule has 0 fully saturated rings. The predicted octanol–water partition coefficient (Wildman–Crippen LogP) is 4.62. The second-order valence-corrected chi connectivity index (χ2v) is 9.26. The quantitative estimate of drug-likeness (QED) is 0.681. The number of benzene rings is 2. The van der Waals surface area contributed by atoms with Gasteiger partial charge in [0, 0.05) is 25.3 Å². The number of anilines is 1. The van der Waals surface area contributed by atoms with Gasteiger partial charge in [-0.25, -0.2) is 8.42 Å². The number of amides is 1. The number of hydrogen-bond donors (Lipinski definition) is 0. The van der Waals surface area contributed by atoms with Crippen molar-refractivity contribution in [2.75, 3.05) is 24.5 Å². The van der Waals surface area contributed by atoms with Crippen LogP contribution < -0.4 is 4.90 Å². The van der Waals surface area contributed by atoms with E-state index in [2.05, 4.69) is 0 Å². The van der Waals surface area contributed by atoms with Crippen molar-refractivity contribution < 1.29 is 13.2 Å². The van der Waals surface area contributed by atoms with Crippen molar-refractivity contribution in [2.45, 2.75) is 31.6 Å². The maximum Gasteiger partial charge on any atom is 0.259 e. The second kappa shape index (κ2) is 8.41. The van der Waals surface area contributed by atoms with Gasteiger partial charge in [0.05, 0.1) is 20.5 Å². The van der Waals surface area contributed by atoms with E-state index in [1.165, 1.54) is 4.31 Å². The van der Waals surface area contributed by atoms with Crippen LogP contribution in [0, 0.1) is 0 Å². The molecular formula is C20H22Cl2N2O3S. The molecule has 1 heterocycles. The first-order chi connectivity index (χ1) is 13.3. The summed E-state index contributed by atoms with van der Waals surface area (Å²) in [4.78, 5) is 15.0. The van der Waals surface area contributed by atoms with Gasteiger partial charge in [0.2, 0.25) is 10.0 Å². The average molecular weight is 441 g/mol. The lowest BCUT2D eigenvalue weighted by Crippen LogP contribution is -2.36. The third-order valence-electron chi connectivity index (χ3n) is 4.94. The van der Waals surface area contributed by atoms with Gasteiger partial charge < -0.3 is 4.90 Å². The van der Waals surface area contributed by atoms with E-state index in [1.54, 1.807) is 41.3 Å². The van der Waals surface area contributed by atoms with Crippen molar-refractivity contribution in [3.63, 3.8) is 0 Å². The van der Waals surface area contributed by atoms with E-state index < -0.39 is 10.0 Å². The maximum atomic E-state index is 13.1. The molecule has 0 unspecified atom stereocenters. The first kappa shape index (κ1) is 21.1. The molecule has 1 aliphatic heterocycles. The van der Waals surface area contributed by atoms with Gasteiger partial charge in [-0.1, -0.05) is 43.1 Å². The van der Waals surface area contributed by atoms with E-state index in [1.807, 2.05) is 13.8 Å². The van der Waals surface area contributed by atoms with Gasteiger partial charge >= 0.3 is 0 Å². The molecule has 2 aromatic rings. The molecule has 5 nitrogen and oxygen atoms in total. The Morgan fingerprint density at radius 2 is 1.86 bits per heavy atom. The minimum Gasteiger partial charge on any atom is -0.308 e. The number of aryl methyl sites for hydroxylation is 1. The number of nitrogens with zero attached hydrogens (tertiary/aromatic N) is 2. The Morgan fingerprint density at radius 1 is 1.14 bits per heavy atom. The van der Waals surface area contributed by atoms with E-state index in [0.29, 0.717) is 42.3 Å². The zero-order chi connectivity index (χ0) is 20.5. The van der Waals surface area contributed by atoms with Gasteiger partial charge in [-0.15, -0.1) is 0 Å². The summed E-state index contributed by atoms with van der Waals surface area (Å²) in [6.45, 7) is 4.99. The molecule has 1 amide bonds. The topological polar surface area (TPSA) is 57.7 Å². The van der Waals surface area contributed by atoms with Gasteiger partial charge in [0.15, 0.2) is 0 Å². The van der Waals surface area contributed by atoms with Crippen LogP contribution in [-0.4, -0.2) is 38.3 Å². The van der Waals surface area contributed by atoms with E-state index in [0.717, 1.165) is 12.0 Å². The van der Waals surface area contributed by atoms with Crippen molar-refractivity contribution >= 4 is 44.8 Å². The highest BCUT2D eigenvalue weighted by Gasteiger charge is 2.28. The van der Waals surface area contributed by atoms with Crippen LogP contribution in [0.5, 0.6) is 0 Å². The molecule has 0 spiro atoms. The molecule has 0 aliphatic carbocycles. The molecule has 0 N–H and O–H groups in total. The summed E-state index contributed by atoms with van der Waals surface area (Å²) in [7, 11) is -3.55. The molecule has 0 bridgehead atoms. The van der Waals surface area contributed by atoms with E-state index in [4.69, 9.17) is 23.2 Å². The summed E-state index contributed by atoms with van der Waals surface area (Å²) in [5, 5.41) is 0.549. The van der Waals surface area contributed by atoms with E-state index in [-0.39, 0.29) is 15.8 Å². The average Bonchev–Trinajstić information content (AvgIpc) is 2.69. The van der Waals surface area contributed by atoms with Crippen molar-refractivity contribution in [3.05, 3.63) is 57.6 Å². The Hall–Kier alpha value is -1.60. The summed E-state index contributed by atoms with van der Waals surface area (Å²) in [6.07, 6.45) is 1.45. The first-order valence-electron chi connectivity index (χ1n) is 9.20. The number of carbonyl (C=O) groups is 1. The normalized spacial score (nSPS) is 14.2. The third kappa shape index (κ3) is 3.79. The summed E-state index contributed by atoms with van der Waals surface area (Å²) in [6, 6.07) is 9.92. The van der Waals surface area contributed by atoms with Crippen LogP contribution in [0.25, 0.3) is 0 Å². The fourth-order valence-electron chi connectivity index (χ4n) is 3.47. The summed E-state index contributed by atoms with van der Waals surface area (Å²) < 4.78 is 27.0. The Kier molecular flexibility index (Phi) is 6.34. The van der Waals surface area contributed by atoms with Gasteiger partial charge in [0.1, 0.15) is 0 Å². The minimum absolute atomic E-state index is 0.224. The molecule has 0 aromatic heterocycles. The highest BCUT2D eigenvalue weighted by Crippen LogP contribution is 2.33. The number of halogens is 2. The van der Waals surface area contributed by atoms with Crippen LogP contribution in [0.15, 0.2) is 41.3 Å². The second-order valence-electron chi connectivity index (χ2n) is 6.54. The smallest absolute Gasteiger partial charge is 0.259 e.